The van der Waals surface area contributed by atoms with Gasteiger partial charge in [0.15, 0.2) is 0 Å². The van der Waals surface area contributed by atoms with Gasteiger partial charge < -0.3 is 4.84 Å². The van der Waals surface area contributed by atoms with E-state index in [4.69, 9.17) is 0 Å². The summed E-state index contributed by atoms with van der Waals surface area (Å²) in [6.07, 6.45) is 7.52. The normalized spacial score (nSPS) is 17.6. The summed E-state index contributed by atoms with van der Waals surface area (Å²) in [5.41, 5.74) is 0. The van der Waals surface area contributed by atoms with Crippen LogP contribution in [0.5, 0.6) is 0 Å². The molecule has 2 rings (SSSR count). The van der Waals surface area contributed by atoms with E-state index in [0.29, 0.717) is 0 Å². The number of hydrogen-bond donors (Lipinski definition) is 0. The smallest absolute Gasteiger partial charge is 0.106 e. The topological polar surface area (TPSA) is 34.5 Å². The highest BCUT2D eigenvalue weighted by atomic mass is 32.1. The minimum Gasteiger partial charge on any atom is -0.399 e. The Hall–Kier alpha value is -0.900. The summed E-state index contributed by atoms with van der Waals surface area (Å²) in [6.45, 7) is 0. The lowest BCUT2D eigenvalue weighted by Crippen LogP contribution is -2.07. The Balaban J connectivity index is 2.04. The molecule has 1 aliphatic carbocycles. The Kier molecular flexibility index (Phi) is 2.59. The van der Waals surface area contributed by atoms with E-state index in [1.165, 1.54) is 24.3 Å². The molecule has 70 valence electrons. The second-order valence-electron chi connectivity index (χ2n) is 3.15. The fourth-order valence-electron chi connectivity index (χ4n) is 1.31. The number of thiazole rings is 1. The molecule has 0 radical (unpaired) electrons. The van der Waals surface area contributed by atoms with E-state index in [-0.39, 0.29) is 0 Å². The highest BCUT2D eigenvalue weighted by Gasteiger charge is 2.22. The Morgan fingerprint density at radius 2 is 2.54 bits per heavy atom. The molecule has 3 nitrogen and oxygen atoms in total. The molecule has 1 aromatic rings. The summed E-state index contributed by atoms with van der Waals surface area (Å²) in [6, 6.07) is 0. The Labute approximate surface area is 81.4 Å². The molecule has 0 N–H and O–H groups in total. The molecule has 0 aliphatic heterocycles. The van der Waals surface area contributed by atoms with Gasteiger partial charge in [0.25, 0.3) is 0 Å². The van der Waals surface area contributed by atoms with Crippen molar-refractivity contribution >= 4 is 17.6 Å². The zero-order chi connectivity index (χ0) is 9.10. The lowest BCUT2D eigenvalue weighted by Gasteiger charge is -2.22. The minimum atomic E-state index is 0.717. The lowest BCUT2D eigenvalue weighted by atomic mass is 9.86. The zero-order valence-corrected chi connectivity index (χ0v) is 8.38. The largest absolute Gasteiger partial charge is 0.399 e. The van der Waals surface area contributed by atoms with Crippen molar-refractivity contribution in [2.45, 2.75) is 25.2 Å². The standard InChI is InChI=1S/C9H12N2OS/c1-12-11-6-8-5-10-9(13-8)7-3-2-4-7/h5-7H,2-4H2,1H3/b11-6+. The fourth-order valence-corrected chi connectivity index (χ4v) is 2.26. The molecule has 1 heterocycles. The molecule has 4 heteroatoms. The van der Waals surface area contributed by atoms with Crippen molar-refractivity contribution in [1.29, 1.82) is 0 Å². The molecule has 13 heavy (non-hydrogen) atoms. The molecular formula is C9H12N2OS. The lowest BCUT2D eigenvalue weighted by molar-refractivity contribution is 0.215. The van der Waals surface area contributed by atoms with E-state index in [1.54, 1.807) is 24.7 Å². The summed E-state index contributed by atoms with van der Waals surface area (Å²) in [5, 5.41) is 4.96. The zero-order valence-electron chi connectivity index (χ0n) is 7.56. The quantitative estimate of drug-likeness (QED) is 0.549. The van der Waals surface area contributed by atoms with Crippen LogP contribution in [-0.2, 0) is 4.84 Å². The average molecular weight is 196 g/mol. The molecule has 0 unspecified atom stereocenters. The summed E-state index contributed by atoms with van der Waals surface area (Å²) in [4.78, 5) is 10.0. The van der Waals surface area contributed by atoms with Crippen LogP contribution >= 0.6 is 11.3 Å². The van der Waals surface area contributed by atoms with Crippen LogP contribution in [0.2, 0.25) is 0 Å². The van der Waals surface area contributed by atoms with Crippen molar-refractivity contribution < 1.29 is 4.84 Å². The predicted octanol–water partition coefficient (Wildman–Crippen LogP) is 2.39. The van der Waals surface area contributed by atoms with Crippen molar-refractivity contribution in [2.24, 2.45) is 5.16 Å². The van der Waals surface area contributed by atoms with Gasteiger partial charge in [-0.1, -0.05) is 11.6 Å². The number of hydrogen-bond acceptors (Lipinski definition) is 4. The summed E-state index contributed by atoms with van der Waals surface area (Å²) in [7, 11) is 1.55. The van der Waals surface area contributed by atoms with Gasteiger partial charge in [0.2, 0.25) is 0 Å². The first-order valence-electron chi connectivity index (χ1n) is 4.42. The first kappa shape index (κ1) is 8.69. The van der Waals surface area contributed by atoms with Crippen LogP contribution in [0.25, 0.3) is 0 Å². The van der Waals surface area contributed by atoms with Gasteiger partial charge in [-0.3, -0.25) is 0 Å². The molecule has 0 aromatic carbocycles. The maximum absolute atomic E-state index is 4.60. The van der Waals surface area contributed by atoms with Crippen molar-refractivity contribution in [2.75, 3.05) is 7.11 Å². The van der Waals surface area contributed by atoms with Gasteiger partial charge in [-0.05, 0) is 12.8 Å². The number of nitrogens with zero attached hydrogens (tertiary/aromatic N) is 2. The van der Waals surface area contributed by atoms with Crippen LogP contribution in [-0.4, -0.2) is 18.3 Å². The predicted molar refractivity (Wildman–Crippen MR) is 53.3 cm³/mol. The average Bonchev–Trinajstić information content (AvgIpc) is 2.46. The molecule has 1 saturated carbocycles. The third-order valence-corrected chi connectivity index (χ3v) is 3.38. The number of aromatic nitrogens is 1. The Bertz CT molecular complexity index is 304. The molecule has 0 spiro atoms. The third-order valence-electron chi connectivity index (χ3n) is 2.28. The first-order valence-corrected chi connectivity index (χ1v) is 5.24. The van der Waals surface area contributed by atoms with Gasteiger partial charge in [0.1, 0.15) is 7.11 Å². The summed E-state index contributed by atoms with van der Waals surface area (Å²) in [5.74, 6) is 0.717. The molecule has 1 aromatic heterocycles. The van der Waals surface area contributed by atoms with Crippen molar-refractivity contribution in [3.8, 4) is 0 Å². The first-order chi connectivity index (χ1) is 6.40. The number of oxime groups is 1. The Morgan fingerprint density at radius 3 is 3.15 bits per heavy atom. The SMILES string of the molecule is CO/N=C/c1cnc(C2CCC2)s1. The molecule has 0 saturated heterocycles. The van der Waals surface area contributed by atoms with Crippen LogP contribution in [0, 0.1) is 0 Å². The maximum atomic E-state index is 4.60. The molecule has 1 aliphatic rings. The van der Waals surface area contributed by atoms with E-state index in [0.717, 1.165) is 10.8 Å². The van der Waals surface area contributed by atoms with Crippen LogP contribution in [0.15, 0.2) is 11.4 Å². The van der Waals surface area contributed by atoms with Gasteiger partial charge in [-0.25, -0.2) is 4.98 Å². The second kappa shape index (κ2) is 3.87. The van der Waals surface area contributed by atoms with E-state index in [1.807, 2.05) is 6.20 Å². The third kappa shape index (κ3) is 1.88. The van der Waals surface area contributed by atoms with Gasteiger partial charge >= 0.3 is 0 Å². The highest BCUT2D eigenvalue weighted by Crippen LogP contribution is 2.37. The minimum absolute atomic E-state index is 0.717. The molecule has 0 bridgehead atoms. The molecule has 0 atom stereocenters. The van der Waals surface area contributed by atoms with E-state index in [9.17, 15) is 0 Å². The monoisotopic (exact) mass is 196 g/mol. The van der Waals surface area contributed by atoms with Gasteiger partial charge in [-0.15, -0.1) is 11.3 Å². The molecule has 1 fully saturated rings. The second-order valence-corrected chi connectivity index (χ2v) is 4.24. The van der Waals surface area contributed by atoms with Crippen molar-refractivity contribution in [3.05, 3.63) is 16.1 Å². The molecular weight excluding hydrogens is 184 g/mol. The summed E-state index contributed by atoms with van der Waals surface area (Å²) >= 11 is 1.72. The van der Waals surface area contributed by atoms with Crippen LogP contribution in [0.4, 0.5) is 0 Å². The van der Waals surface area contributed by atoms with E-state index >= 15 is 0 Å². The van der Waals surface area contributed by atoms with E-state index < -0.39 is 0 Å². The van der Waals surface area contributed by atoms with Crippen molar-refractivity contribution in [3.63, 3.8) is 0 Å². The fraction of sp³-hybridized carbons (Fsp3) is 0.556. The van der Waals surface area contributed by atoms with Crippen LogP contribution in [0.1, 0.15) is 35.1 Å². The van der Waals surface area contributed by atoms with Crippen LogP contribution < -0.4 is 0 Å². The Morgan fingerprint density at radius 1 is 1.69 bits per heavy atom. The number of rotatable bonds is 3. The van der Waals surface area contributed by atoms with E-state index in [2.05, 4.69) is 15.0 Å². The van der Waals surface area contributed by atoms with Crippen LogP contribution in [0.3, 0.4) is 0 Å². The van der Waals surface area contributed by atoms with Gasteiger partial charge in [0, 0.05) is 12.1 Å². The van der Waals surface area contributed by atoms with Gasteiger partial charge in [0.05, 0.1) is 16.1 Å². The highest BCUT2D eigenvalue weighted by molar-refractivity contribution is 7.13. The van der Waals surface area contributed by atoms with Gasteiger partial charge in [-0.2, -0.15) is 0 Å². The maximum Gasteiger partial charge on any atom is 0.106 e. The van der Waals surface area contributed by atoms with Crippen molar-refractivity contribution in [1.82, 2.24) is 4.98 Å². The summed E-state index contributed by atoms with van der Waals surface area (Å²) < 4.78 is 0. The molecule has 0 amide bonds.